The molecule has 0 fully saturated rings. The predicted octanol–water partition coefficient (Wildman–Crippen LogP) is 3.63. The molecule has 4 rings (SSSR count). The molecule has 1 aliphatic rings. The molecule has 2 aromatic carbocycles. The summed E-state index contributed by atoms with van der Waals surface area (Å²) in [5.74, 6) is -1.08. The van der Waals surface area contributed by atoms with Gasteiger partial charge in [0.05, 0.1) is 25.5 Å². The molecule has 13 heteroatoms. The summed E-state index contributed by atoms with van der Waals surface area (Å²) in [4.78, 5) is 28.4. The molecule has 0 bridgehead atoms. The van der Waals surface area contributed by atoms with Crippen LogP contribution in [0.3, 0.4) is 0 Å². The van der Waals surface area contributed by atoms with E-state index in [0.29, 0.717) is 12.0 Å². The van der Waals surface area contributed by atoms with Crippen LogP contribution >= 0.6 is 0 Å². The Balaban J connectivity index is 1.72. The summed E-state index contributed by atoms with van der Waals surface area (Å²) < 4.78 is 37.0. The first kappa shape index (κ1) is 35.1. The summed E-state index contributed by atoms with van der Waals surface area (Å²) >= 11 is 0. The van der Waals surface area contributed by atoms with E-state index < -0.39 is 42.5 Å². The van der Waals surface area contributed by atoms with Gasteiger partial charge in [0.25, 0.3) is 24.3 Å². The van der Waals surface area contributed by atoms with Gasteiger partial charge in [-0.2, -0.15) is 13.5 Å². The number of carboxylic acid groups (broad SMARTS) is 1. The van der Waals surface area contributed by atoms with Crippen LogP contribution in [-0.4, -0.2) is 92.4 Å². The Morgan fingerprint density at radius 2 is 1.72 bits per heavy atom. The second kappa shape index (κ2) is 13.9. The van der Waals surface area contributed by atoms with Gasteiger partial charge in [-0.3, -0.25) is 14.1 Å². The quantitative estimate of drug-likeness (QED) is 0.169. The van der Waals surface area contributed by atoms with E-state index in [1.807, 2.05) is 36.4 Å². The zero-order valence-corrected chi connectivity index (χ0v) is 29.1. The maximum Gasteiger partial charge on any atom is 0.407 e. The lowest BCUT2D eigenvalue weighted by atomic mass is 9.99. The average molecular weight is 669 g/mol. The van der Waals surface area contributed by atoms with Crippen molar-refractivity contribution in [2.45, 2.75) is 57.8 Å². The number of amides is 2. The van der Waals surface area contributed by atoms with E-state index in [2.05, 4.69) is 61.8 Å². The highest BCUT2D eigenvalue weighted by atomic mass is 32.2. The van der Waals surface area contributed by atoms with Crippen LogP contribution in [0, 0.1) is 5.92 Å². The summed E-state index contributed by atoms with van der Waals surface area (Å²) in [5.41, 5.74) is 1.38. The van der Waals surface area contributed by atoms with E-state index in [-0.39, 0.29) is 36.5 Å². The van der Waals surface area contributed by atoms with Gasteiger partial charge in [0.15, 0.2) is 5.69 Å². The molecule has 3 aromatic rings. The summed E-state index contributed by atoms with van der Waals surface area (Å²) in [6, 6.07) is 19.8. The molecule has 1 unspecified atom stereocenters. The lowest BCUT2D eigenvalue weighted by Crippen LogP contribution is -2.68. The van der Waals surface area contributed by atoms with Crippen LogP contribution < -0.4 is 10.4 Å². The van der Waals surface area contributed by atoms with Crippen LogP contribution in [-0.2, 0) is 31.7 Å². The van der Waals surface area contributed by atoms with E-state index in [1.54, 1.807) is 20.0 Å². The van der Waals surface area contributed by atoms with Gasteiger partial charge < -0.3 is 19.3 Å². The average Bonchev–Trinajstić information content (AvgIpc) is 3.41. The largest absolute Gasteiger partial charge is 0.465 e. The number of rotatable bonds is 12. The number of fused-ring (bicyclic) bond motifs is 1. The number of carbonyl (C=O) groups excluding carboxylic acids is 1. The maximum absolute atomic E-state index is 13.8. The van der Waals surface area contributed by atoms with Crippen molar-refractivity contribution in [2.75, 3.05) is 26.5 Å². The minimum absolute atomic E-state index is 0.0319. The van der Waals surface area contributed by atoms with Crippen molar-refractivity contribution in [3.63, 3.8) is 0 Å². The summed E-state index contributed by atoms with van der Waals surface area (Å²) in [5, 5.41) is 18.6. The molecular formula is C33H44N4O7SSi. The molecule has 0 saturated heterocycles. The first-order chi connectivity index (χ1) is 21.6. The van der Waals surface area contributed by atoms with Gasteiger partial charge in [-0.25, -0.2) is 4.79 Å². The number of carbonyl (C=O) groups is 2. The van der Waals surface area contributed by atoms with Gasteiger partial charge in [0, 0.05) is 43.2 Å². The Hall–Kier alpha value is -3.78. The Kier molecular flexibility index (Phi) is 10.6. The van der Waals surface area contributed by atoms with Crippen LogP contribution in [0.15, 0.2) is 73.3 Å². The molecule has 2 amide bonds. The summed E-state index contributed by atoms with van der Waals surface area (Å²) in [6.45, 7) is 12.1. The Morgan fingerprint density at radius 3 is 2.20 bits per heavy atom. The number of aromatic amines is 1. The van der Waals surface area contributed by atoms with E-state index in [0.717, 1.165) is 22.3 Å². The van der Waals surface area contributed by atoms with Gasteiger partial charge in [0.2, 0.25) is 0 Å². The molecule has 2 N–H and O–H groups in total. The minimum Gasteiger partial charge on any atom is -0.465 e. The number of hydrogen-bond donors (Lipinski definition) is 2. The topological polar surface area (TPSA) is 142 Å². The molecule has 2 heterocycles. The first-order valence-electron chi connectivity index (χ1n) is 15.2. The monoisotopic (exact) mass is 668 g/mol. The van der Waals surface area contributed by atoms with Crippen LogP contribution in [0.1, 0.15) is 49.4 Å². The lowest BCUT2D eigenvalue weighted by molar-refractivity contribution is 0.0646. The van der Waals surface area contributed by atoms with Crippen molar-refractivity contribution < 1.29 is 31.7 Å². The van der Waals surface area contributed by atoms with Crippen molar-refractivity contribution in [3.05, 3.63) is 90.3 Å². The Bertz CT molecular complexity index is 1600. The molecule has 3 atom stereocenters. The second-order valence-electron chi connectivity index (χ2n) is 12.9. The number of hydrogen-bond acceptors (Lipinski definition) is 7. The lowest BCUT2D eigenvalue weighted by Gasteiger charge is -2.46. The minimum atomic E-state index is -3.83. The molecule has 11 nitrogen and oxygen atoms in total. The van der Waals surface area contributed by atoms with E-state index in [1.165, 1.54) is 9.80 Å². The standard InChI is InChI=1S/C33H44N4O7SSi/c1-8-29(44-46(33(3,4)5,25-15-11-9-12-16-25)26-17-13-10-14-18-26)24(22-43-45(7,41)42)20-36(6)31(38)30-27-21-37(32(39)40)23(2)19-28(27)34-35-30/h8-18,23-24,29H,1,19-22H2,2-7H3,(H,34,35)(H,39,40)/t23?,24-,29+/m0/s1. The van der Waals surface area contributed by atoms with Crippen molar-refractivity contribution >= 4 is 40.8 Å². The molecule has 0 saturated carbocycles. The highest BCUT2D eigenvalue weighted by Gasteiger charge is 2.52. The molecule has 1 aliphatic heterocycles. The maximum atomic E-state index is 13.8. The highest BCUT2D eigenvalue weighted by molar-refractivity contribution is 7.85. The van der Waals surface area contributed by atoms with Gasteiger partial charge in [0.1, 0.15) is 0 Å². The molecule has 1 aromatic heterocycles. The van der Waals surface area contributed by atoms with Gasteiger partial charge >= 0.3 is 6.09 Å². The summed E-state index contributed by atoms with van der Waals surface area (Å²) in [7, 11) is -5.34. The van der Waals surface area contributed by atoms with E-state index >= 15 is 0 Å². The SMILES string of the molecule is C=C[C@@H](O[Si](c1ccccc1)(c1ccccc1)C(C)(C)C)[C@H](COS(C)(=O)=O)CN(C)C(=O)c1n[nH]c2c1CN(C(=O)O)C(C)C2. The molecule has 0 spiro atoms. The molecule has 248 valence electrons. The Morgan fingerprint density at radius 1 is 1.15 bits per heavy atom. The molecule has 46 heavy (non-hydrogen) atoms. The fourth-order valence-corrected chi connectivity index (χ4v) is 11.3. The fourth-order valence-electron chi connectivity index (χ4n) is 6.22. The molecule has 0 radical (unpaired) electrons. The third-order valence-corrected chi connectivity index (χ3v) is 14.1. The Labute approximate surface area is 272 Å². The van der Waals surface area contributed by atoms with Crippen molar-refractivity contribution in [2.24, 2.45) is 5.92 Å². The van der Waals surface area contributed by atoms with Crippen molar-refractivity contribution in [1.29, 1.82) is 0 Å². The molecular weight excluding hydrogens is 625 g/mol. The number of nitrogens with zero attached hydrogens (tertiary/aromatic N) is 3. The van der Waals surface area contributed by atoms with Gasteiger partial charge in [-0.15, -0.1) is 6.58 Å². The zero-order chi connectivity index (χ0) is 33.9. The van der Waals surface area contributed by atoms with Gasteiger partial charge in [-0.1, -0.05) is 87.5 Å². The van der Waals surface area contributed by atoms with Crippen LogP contribution in [0.4, 0.5) is 4.79 Å². The van der Waals surface area contributed by atoms with E-state index in [9.17, 15) is 23.1 Å². The third kappa shape index (κ3) is 7.43. The fraction of sp³-hybridized carbons (Fsp3) is 0.424. The molecule has 0 aliphatic carbocycles. The highest BCUT2D eigenvalue weighted by Crippen LogP contribution is 2.38. The van der Waals surface area contributed by atoms with Crippen LogP contribution in [0.2, 0.25) is 5.04 Å². The van der Waals surface area contributed by atoms with Crippen LogP contribution in [0.5, 0.6) is 0 Å². The number of nitrogens with one attached hydrogen (secondary N) is 1. The smallest absolute Gasteiger partial charge is 0.407 e. The predicted molar refractivity (Wildman–Crippen MR) is 179 cm³/mol. The van der Waals surface area contributed by atoms with E-state index in [4.69, 9.17) is 8.61 Å². The van der Waals surface area contributed by atoms with Crippen molar-refractivity contribution in [1.82, 2.24) is 20.0 Å². The number of aromatic nitrogens is 2. The second-order valence-corrected chi connectivity index (χ2v) is 18.8. The number of benzene rings is 2. The third-order valence-electron chi connectivity index (χ3n) is 8.54. The number of H-pyrrole nitrogens is 1. The van der Waals surface area contributed by atoms with Crippen LogP contribution in [0.25, 0.3) is 0 Å². The summed E-state index contributed by atoms with van der Waals surface area (Å²) in [6.07, 6.45) is 1.24. The normalized spacial score (nSPS) is 16.7. The van der Waals surface area contributed by atoms with Crippen molar-refractivity contribution in [3.8, 4) is 0 Å². The first-order valence-corrected chi connectivity index (χ1v) is 18.9. The van der Waals surface area contributed by atoms with Gasteiger partial charge in [-0.05, 0) is 22.3 Å². The zero-order valence-electron chi connectivity index (χ0n) is 27.3.